The number of rotatable bonds is 6. The molecule has 4 heteroatoms. The average molecular weight is 276 g/mol. The minimum Gasteiger partial charge on any atom is -0.494 e. The number of amides is 1. The third-order valence-electron chi connectivity index (χ3n) is 3.88. The molecule has 1 aromatic rings. The minimum absolute atomic E-state index is 0.0642. The highest BCUT2D eigenvalue weighted by Gasteiger charge is 2.19. The van der Waals surface area contributed by atoms with Crippen LogP contribution in [0.4, 0.5) is 0 Å². The lowest BCUT2D eigenvalue weighted by Gasteiger charge is -2.25. The van der Waals surface area contributed by atoms with E-state index in [0.717, 1.165) is 18.6 Å². The number of ether oxygens (including phenoxy) is 1. The van der Waals surface area contributed by atoms with Crippen LogP contribution in [0.15, 0.2) is 18.2 Å². The summed E-state index contributed by atoms with van der Waals surface area (Å²) in [5, 5.41) is 5.98. The molecular weight excluding hydrogens is 252 g/mol. The SMILES string of the molecule is CNC(=O)CCCOc1ccc2c(c1)C(NC)CCC2. The van der Waals surface area contributed by atoms with Crippen LogP contribution in [0.1, 0.15) is 42.9 Å². The summed E-state index contributed by atoms with van der Waals surface area (Å²) in [4.78, 5) is 11.1. The molecule has 4 nitrogen and oxygen atoms in total. The molecule has 0 saturated carbocycles. The summed E-state index contributed by atoms with van der Waals surface area (Å²) in [6.45, 7) is 0.580. The van der Waals surface area contributed by atoms with Gasteiger partial charge in [-0.2, -0.15) is 0 Å². The third-order valence-corrected chi connectivity index (χ3v) is 3.88. The van der Waals surface area contributed by atoms with Crippen molar-refractivity contribution in [2.24, 2.45) is 0 Å². The van der Waals surface area contributed by atoms with Crippen LogP contribution in [0.25, 0.3) is 0 Å². The van der Waals surface area contributed by atoms with Crippen molar-refractivity contribution in [2.45, 2.75) is 38.1 Å². The monoisotopic (exact) mass is 276 g/mol. The second-order valence-corrected chi connectivity index (χ2v) is 5.22. The van der Waals surface area contributed by atoms with Crippen molar-refractivity contribution in [3.63, 3.8) is 0 Å². The van der Waals surface area contributed by atoms with Crippen molar-refractivity contribution < 1.29 is 9.53 Å². The zero-order chi connectivity index (χ0) is 14.4. The molecule has 0 heterocycles. The molecule has 2 rings (SSSR count). The van der Waals surface area contributed by atoms with Gasteiger partial charge in [-0.05, 0) is 56.0 Å². The van der Waals surface area contributed by atoms with Crippen molar-refractivity contribution in [1.29, 1.82) is 0 Å². The molecule has 1 aromatic carbocycles. The molecule has 2 N–H and O–H groups in total. The standard InChI is InChI=1S/C16H24N2O2/c1-17-15-6-3-5-12-8-9-13(11-14(12)15)20-10-4-7-16(19)18-2/h8-9,11,15,17H,3-7,10H2,1-2H3,(H,18,19). The Morgan fingerprint density at radius 2 is 2.25 bits per heavy atom. The van der Waals surface area contributed by atoms with Gasteiger partial charge >= 0.3 is 0 Å². The number of hydrogen-bond acceptors (Lipinski definition) is 3. The Kier molecular flexibility index (Phi) is 5.41. The molecule has 1 aliphatic carbocycles. The maximum absolute atomic E-state index is 11.1. The summed E-state index contributed by atoms with van der Waals surface area (Å²) in [6.07, 6.45) is 4.84. The number of benzene rings is 1. The Morgan fingerprint density at radius 3 is 3.00 bits per heavy atom. The molecular formula is C16H24N2O2. The quantitative estimate of drug-likeness (QED) is 0.783. The number of hydrogen-bond donors (Lipinski definition) is 2. The number of carbonyl (C=O) groups is 1. The summed E-state index contributed by atoms with van der Waals surface area (Å²) in [5.74, 6) is 0.970. The fraction of sp³-hybridized carbons (Fsp3) is 0.562. The van der Waals surface area contributed by atoms with Gasteiger partial charge in [0.2, 0.25) is 5.91 Å². The number of carbonyl (C=O) groups excluding carboxylic acids is 1. The van der Waals surface area contributed by atoms with Gasteiger partial charge in [0.15, 0.2) is 0 Å². The maximum atomic E-state index is 11.1. The van der Waals surface area contributed by atoms with Crippen LogP contribution in [-0.4, -0.2) is 26.6 Å². The molecule has 110 valence electrons. The Hall–Kier alpha value is -1.55. The number of aryl methyl sites for hydroxylation is 1. The predicted molar refractivity (Wildman–Crippen MR) is 80.0 cm³/mol. The molecule has 0 bridgehead atoms. The Bertz CT molecular complexity index is 460. The normalized spacial score (nSPS) is 17.4. The van der Waals surface area contributed by atoms with Gasteiger partial charge < -0.3 is 15.4 Å². The third kappa shape index (κ3) is 3.73. The Morgan fingerprint density at radius 1 is 1.40 bits per heavy atom. The van der Waals surface area contributed by atoms with E-state index in [1.165, 1.54) is 24.0 Å². The zero-order valence-electron chi connectivity index (χ0n) is 12.4. The lowest BCUT2D eigenvalue weighted by atomic mass is 9.87. The summed E-state index contributed by atoms with van der Waals surface area (Å²) >= 11 is 0. The van der Waals surface area contributed by atoms with E-state index in [1.54, 1.807) is 7.05 Å². The van der Waals surface area contributed by atoms with E-state index in [2.05, 4.69) is 22.8 Å². The lowest BCUT2D eigenvalue weighted by molar-refractivity contribution is -0.120. The topological polar surface area (TPSA) is 50.4 Å². The van der Waals surface area contributed by atoms with Crippen molar-refractivity contribution in [2.75, 3.05) is 20.7 Å². The van der Waals surface area contributed by atoms with Crippen LogP contribution in [0.3, 0.4) is 0 Å². The van der Waals surface area contributed by atoms with Crippen molar-refractivity contribution >= 4 is 5.91 Å². The molecule has 20 heavy (non-hydrogen) atoms. The fourth-order valence-corrected chi connectivity index (χ4v) is 2.71. The van der Waals surface area contributed by atoms with Gasteiger partial charge in [0.1, 0.15) is 5.75 Å². The van der Waals surface area contributed by atoms with E-state index >= 15 is 0 Å². The first-order chi connectivity index (χ1) is 9.74. The first-order valence-electron chi connectivity index (χ1n) is 7.38. The van der Waals surface area contributed by atoms with Gasteiger partial charge in [-0.15, -0.1) is 0 Å². The highest BCUT2D eigenvalue weighted by Crippen LogP contribution is 2.32. The van der Waals surface area contributed by atoms with Gasteiger partial charge in [0.25, 0.3) is 0 Å². The largest absolute Gasteiger partial charge is 0.494 e. The fourth-order valence-electron chi connectivity index (χ4n) is 2.71. The van der Waals surface area contributed by atoms with Crippen LogP contribution in [0.2, 0.25) is 0 Å². The minimum atomic E-state index is 0.0642. The first kappa shape index (κ1) is 14.9. The summed E-state index contributed by atoms with van der Waals surface area (Å²) in [6, 6.07) is 6.80. The molecule has 1 unspecified atom stereocenters. The highest BCUT2D eigenvalue weighted by molar-refractivity contribution is 5.75. The van der Waals surface area contributed by atoms with Crippen molar-refractivity contribution in [3.8, 4) is 5.75 Å². The zero-order valence-corrected chi connectivity index (χ0v) is 12.4. The molecule has 1 amide bonds. The van der Waals surface area contributed by atoms with Gasteiger partial charge in [0.05, 0.1) is 6.61 Å². The smallest absolute Gasteiger partial charge is 0.219 e. The molecule has 1 aliphatic rings. The van der Waals surface area contributed by atoms with Gasteiger partial charge in [0, 0.05) is 19.5 Å². The highest BCUT2D eigenvalue weighted by atomic mass is 16.5. The Balaban J connectivity index is 1.91. The first-order valence-corrected chi connectivity index (χ1v) is 7.38. The predicted octanol–water partition coefficient (Wildman–Crippen LogP) is 2.19. The summed E-state index contributed by atoms with van der Waals surface area (Å²) in [5.41, 5.74) is 2.79. The van der Waals surface area contributed by atoms with E-state index in [4.69, 9.17) is 4.74 Å². The summed E-state index contributed by atoms with van der Waals surface area (Å²) in [7, 11) is 3.67. The van der Waals surface area contributed by atoms with Gasteiger partial charge in [-0.25, -0.2) is 0 Å². The van der Waals surface area contributed by atoms with Gasteiger partial charge in [-0.1, -0.05) is 6.07 Å². The second-order valence-electron chi connectivity index (χ2n) is 5.22. The lowest BCUT2D eigenvalue weighted by Crippen LogP contribution is -2.21. The van der Waals surface area contributed by atoms with E-state index in [1.807, 2.05) is 13.1 Å². The van der Waals surface area contributed by atoms with Crippen LogP contribution < -0.4 is 15.4 Å². The van der Waals surface area contributed by atoms with E-state index in [-0.39, 0.29) is 5.91 Å². The Labute approximate surface area is 120 Å². The molecule has 0 spiro atoms. The van der Waals surface area contributed by atoms with Crippen LogP contribution in [-0.2, 0) is 11.2 Å². The molecule has 0 fully saturated rings. The van der Waals surface area contributed by atoms with E-state index < -0.39 is 0 Å². The van der Waals surface area contributed by atoms with Crippen LogP contribution in [0.5, 0.6) is 5.75 Å². The molecule has 0 radical (unpaired) electrons. The molecule has 0 aliphatic heterocycles. The van der Waals surface area contributed by atoms with Gasteiger partial charge in [-0.3, -0.25) is 4.79 Å². The molecule has 0 aromatic heterocycles. The van der Waals surface area contributed by atoms with Crippen molar-refractivity contribution in [3.05, 3.63) is 29.3 Å². The molecule has 0 saturated heterocycles. The van der Waals surface area contributed by atoms with Crippen LogP contribution in [0, 0.1) is 0 Å². The second kappa shape index (κ2) is 7.29. The number of fused-ring (bicyclic) bond motifs is 1. The molecule has 1 atom stereocenters. The maximum Gasteiger partial charge on any atom is 0.219 e. The van der Waals surface area contributed by atoms with Crippen LogP contribution >= 0.6 is 0 Å². The van der Waals surface area contributed by atoms with E-state index in [9.17, 15) is 4.79 Å². The van der Waals surface area contributed by atoms with Crippen molar-refractivity contribution in [1.82, 2.24) is 10.6 Å². The average Bonchev–Trinajstić information content (AvgIpc) is 2.50. The van der Waals surface area contributed by atoms with E-state index in [0.29, 0.717) is 19.1 Å². The number of nitrogens with one attached hydrogen (secondary N) is 2. The summed E-state index contributed by atoms with van der Waals surface area (Å²) < 4.78 is 5.75.